The summed E-state index contributed by atoms with van der Waals surface area (Å²) in [7, 11) is 1.74. The van der Waals surface area contributed by atoms with Gasteiger partial charge in [0.15, 0.2) is 5.13 Å². The Bertz CT molecular complexity index is 922. The van der Waals surface area contributed by atoms with Gasteiger partial charge in [0.05, 0.1) is 0 Å². The zero-order valence-electron chi connectivity index (χ0n) is 15.2. The fourth-order valence-electron chi connectivity index (χ4n) is 3.83. The number of aromatic nitrogens is 5. The molecule has 0 aromatic carbocycles. The molecule has 0 aliphatic carbocycles. The molecule has 4 rings (SSSR count). The molecule has 138 valence electrons. The summed E-state index contributed by atoms with van der Waals surface area (Å²) >= 11 is 1.65. The van der Waals surface area contributed by atoms with E-state index in [0.29, 0.717) is 12.5 Å². The van der Waals surface area contributed by atoms with E-state index in [1.807, 2.05) is 23.1 Å². The lowest BCUT2D eigenvalue weighted by Gasteiger charge is -2.32. The van der Waals surface area contributed by atoms with Crippen LogP contribution in [0.5, 0.6) is 0 Å². The first-order valence-electron chi connectivity index (χ1n) is 9.09. The van der Waals surface area contributed by atoms with Crippen molar-refractivity contribution in [3.8, 4) is 5.13 Å². The summed E-state index contributed by atoms with van der Waals surface area (Å²) < 4.78 is 5.44. The van der Waals surface area contributed by atoms with Gasteiger partial charge in [0.2, 0.25) is 0 Å². The molecular formula is C18H24N6OS. The van der Waals surface area contributed by atoms with Gasteiger partial charge < -0.3 is 0 Å². The average Bonchev–Trinajstić information content (AvgIpc) is 3.37. The number of piperidine rings is 1. The standard InChI is InChI=1S/C18H24N6OS/c1-3-23-16(20-21(2)18(23)25)14-6-4-9-22(12-14)13-15-7-5-10-24(15)17-19-8-11-26-17/h5,7-8,10-11,14H,3-4,6,9,12-13H2,1-2H3/t14-/m1/s1. The Balaban J connectivity index is 1.53. The van der Waals surface area contributed by atoms with Gasteiger partial charge in [-0.15, -0.1) is 11.3 Å². The number of rotatable bonds is 5. The van der Waals surface area contributed by atoms with Crippen LogP contribution in [0.25, 0.3) is 5.13 Å². The fraction of sp³-hybridized carbons (Fsp3) is 0.500. The molecule has 1 atom stereocenters. The predicted octanol–water partition coefficient (Wildman–Crippen LogP) is 2.23. The summed E-state index contributed by atoms with van der Waals surface area (Å²) in [5.74, 6) is 1.24. The van der Waals surface area contributed by atoms with Gasteiger partial charge in [0.1, 0.15) is 5.82 Å². The molecule has 26 heavy (non-hydrogen) atoms. The molecule has 0 N–H and O–H groups in total. The lowest BCUT2D eigenvalue weighted by Crippen LogP contribution is -2.36. The van der Waals surface area contributed by atoms with Crippen molar-refractivity contribution in [2.75, 3.05) is 13.1 Å². The zero-order valence-corrected chi connectivity index (χ0v) is 16.0. The van der Waals surface area contributed by atoms with Crippen molar-refractivity contribution in [1.29, 1.82) is 0 Å². The van der Waals surface area contributed by atoms with Crippen LogP contribution in [0.2, 0.25) is 0 Å². The monoisotopic (exact) mass is 372 g/mol. The van der Waals surface area contributed by atoms with Gasteiger partial charge in [0.25, 0.3) is 0 Å². The molecule has 1 fully saturated rings. The molecular weight excluding hydrogens is 348 g/mol. The molecule has 4 heterocycles. The number of thiazole rings is 1. The molecule has 1 aliphatic rings. The number of nitrogens with zero attached hydrogens (tertiary/aromatic N) is 6. The van der Waals surface area contributed by atoms with E-state index in [4.69, 9.17) is 0 Å². The highest BCUT2D eigenvalue weighted by Crippen LogP contribution is 2.27. The zero-order chi connectivity index (χ0) is 18.1. The van der Waals surface area contributed by atoms with Crippen molar-refractivity contribution in [2.24, 2.45) is 7.05 Å². The van der Waals surface area contributed by atoms with Crippen LogP contribution in [0.1, 0.15) is 37.2 Å². The van der Waals surface area contributed by atoms with E-state index in [1.165, 1.54) is 10.4 Å². The minimum absolute atomic E-state index is 0.0164. The quantitative estimate of drug-likeness (QED) is 0.689. The van der Waals surface area contributed by atoms with E-state index >= 15 is 0 Å². The number of likely N-dealkylation sites (tertiary alicyclic amines) is 1. The highest BCUT2D eigenvalue weighted by atomic mass is 32.1. The maximum Gasteiger partial charge on any atom is 0.345 e. The van der Waals surface area contributed by atoms with Crippen LogP contribution in [0.4, 0.5) is 0 Å². The summed E-state index contributed by atoms with van der Waals surface area (Å²) in [4.78, 5) is 19.1. The first-order valence-corrected chi connectivity index (χ1v) is 9.97. The van der Waals surface area contributed by atoms with Crippen molar-refractivity contribution in [1.82, 2.24) is 28.8 Å². The Labute approximate surface area is 156 Å². The normalized spacial score (nSPS) is 18.5. The van der Waals surface area contributed by atoms with Crippen LogP contribution in [0.3, 0.4) is 0 Å². The predicted molar refractivity (Wildman–Crippen MR) is 102 cm³/mol. The second kappa shape index (κ2) is 7.20. The molecule has 0 saturated carbocycles. The summed E-state index contributed by atoms with van der Waals surface area (Å²) in [5, 5.41) is 7.53. The lowest BCUT2D eigenvalue weighted by atomic mass is 9.97. The van der Waals surface area contributed by atoms with Crippen LogP contribution in [-0.2, 0) is 20.1 Å². The van der Waals surface area contributed by atoms with Gasteiger partial charge in [-0.2, -0.15) is 5.10 Å². The summed E-state index contributed by atoms with van der Waals surface area (Å²) in [5.41, 5.74) is 1.23. The van der Waals surface area contributed by atoms with Crippen molar-refractivity contribution in [2.45, 2.75) is 38.8 Å². The van der Waals surface area contributed by atoms with Crippen LogP contribution in [0.15, 0.2) is 34.7 Å². The van der Waals surface area contributed by atoms with E-state index in [2.05, 4.69) is 37.9 Å². The van der Waals surface area contributed by atoms with Crippen molar-refractivity contribution in [3.05, 3.63) is 51.9 Å². The molecule has 1 aliphatic heterocycles. The van der Waals surface area contributed by atoms with E-state index < -0.39 is 0 Å². The van der Waals surface area contributed by atoms with Gasteiger partial charge >= 0.3 is 5.69 Å². The maximum absolute atomic E-state index is 12.2. The third kappa shape index (κ3) is 3.14. The van der Waals surface area contributed by atoms with Gasteiger partial charge in [-0.05, 0) is 38.4 Å². The SMILES string of the molecule is CCn1c([C@@H]2CCCN(Cc3cccn3-c3nccs3)C2)nn(C)c1=O. The van der Waals surface area contributed by atoms with E-state index in [9.17, 15) is 4.79 Å². The minimum Gasteiger partial charge on any atom is -0.297 e. The molecule has 0 spiro atoms. The summed E-state index contributed by atoms with van der Waals surface area (Å²) in [6.07, 6.45) is 6.12. The van der Waals surface area contributed by atoms with Gasteiger partial charge in [0, 0.05) is 56.1 Å². The van der Waals surface area contributed by atoms with Gasteiger partial charge in [-0.3, -0.25) is 14.0 Å². The number of aryl methyl sites for hydroxylation is 1. The van der Waals surface area contributed by atoms with Crippen LogP contribution >= 0.6 is 11.3 Å². The molecule has 3 aromatic rings. The third-order valence-electron chi connectivity index (χ3n) is 5.07. The van der Waals surface area contributed by atoms with Crippen LogP contribution in [-0.4, -0.2) is 41.9 Å². The van der Waals surface area contributed by atoms with Gasteiger partial charge in [-0.1, -0.05) is 0 Å². The Morgan fingerprint density at radius 1 is 1.38 bits per heavy atom. The Kier molecular flexibility index (Phi) is 4.78. The molecule has 0 radical (unpaired) electrons. The lowest BCUT2D eigenvalue weighted by molar-refractivity contribution is 0.191. The highest BCUT2D eigenvalue weighted by molar-refractivity contribution is 7.12. The molecule has 1 saturated heterocycles. The van der Waals surface area contributed by atoms with Crippen molar-refractivity contribution >= 4 is 11.3 Å². The third-order valence-corrected chi connectivity index (χ3v) is 5.84. The van der Waals surface area contributed by atoms with Crippen molar-refractivity contribution < 1.29 is 0 Å². The second-order valence-corrected chi connectivity index (χ2v) is 7.64. The summed E-state index contributed by atoms with van der Waals surface area (Å²) in [6, 6.07) is 4.24. The second-order valence-electron chi connectivity index (χ2n) is 6.77. The highest BCUT2D eigenvalue weighted by Gasteiger charge is 2.27. The molecule has 7 nitrogen and oxygen atoms in total. The Morgan fingerprint density at radius 2 is 2.27 bits per heavy atom. The number of hydrogen-bond donors (Lipinski definition) is 0. The molecule has 0 bridgehead atoms. The Hall–Kier alpha value is -2.19. The molecule has 0 amide bonds. The van der Waals surface area contributed by atoms with E-state index in [-0.39, 0.29) is 5.69 Å². The van der Waals surface area contributed by atoms with Crippen LogP contribution in [0, 0.1) is 0 Å². The minimum atomic E-state index is -0.0164. The molecule has 8 heteroatoms. The smallest absolute Gasteiger partial charge is 0.297 e. The van der Waals surface area contributed by atoms with Gasteiger partial charge in [-0.25, -0.2) is 14.5 Å². The van der Waals surface area contributed by atoms with Crippen molar-refractivity contribution in [3.63, 3.8) is 0 Å². The van der Waals surface area contributed by atoms with Crippen LogP contribution < -0.4 is 5.69 Å². The fourth-order valence-corrected chi connectivity index (χ4v) is 4.48. The summed E-state index contributed by atoms with van der Waals surface area (Å²) in [6.45, 7) is 5.56. The maximum atomic E-state index is 12.2. The van der Waals surface area contributed by atoms with E-state index in [1.54, 1.807) is 18.4 Å². The van der Waals surface area contributed by atoms with E-state index in [0.717, 1.165) is 43.4 Å². The first kappa shape index (κ1) is 17.2. The topological polar surface area (TPSA) is 60.9 Å². The molecule has 3 aromatic heterocycles. The largest absolute Gasteiger partial charge is 0.345 e. The Morgan fingerprint density at radius 3 is 3.04 bits per heavy atom. The number of hydrogen-bond acceptors (Lipinski definition) is 5. The average molecular weight is 372 g/mol. The molecule has 0 unspecified atom stereocenters. The first-order chi connectivity index (χ1) is 12.7.